The summed E-state index contributed by atoms with van der Waals surface area (Å²) in [6.45, 7) is 3.43. The van der Waals surface area contributed by atoms with Crippen LogP contribution in [0.4, 0.5) is 4.39 Å². The van der Waals surface area contributed by atoms with Gasteiger partial charge in [0.2, 0.25) is 0 Å². The van der Waals surface area contributed by atoms with E-state index in [2.05, 4.69) is 10.2 Å². The first-order chi connectivity index (χ1) is 9.93. The summed E-state index contributed by atoms with van der Waals surface area (Å²) in [6, 6.07) is 4.08. The summed E-state index contributed by atoms with van der Waals surface area (Å²) in [5.74, 6) is -0.487. The van der Waals surface area contributed by atoms with Crippen molar-refractivity contribution >= 4 is 28.6 Å². The topological polar surface area (TPSA) is 61.3 Å². The minimum absolute atomic E-state index is 0.0366. The van der Waals surface area contributed by atoms with E-state index in [1.54, 1.807) is 13.8 Å². The molecule has 1 heterocycles. The molecule has 1 aromatic carbocycles. The van der Waals surface area contributed by atoms with Gasteiger partial charge in [0, 0.05) is 5.56 Å². The lowest BCUT2D eigenvalue weighted by molar-refractivity contribution is 0.0595. The molecule has 2 aromatic rings. The molecule has 0 saturated carbocycles. The Morgan fingerprint density at radius 3 is 2.62 bits per heavy atom. The Bertz CT molecular complexity index is 707. The summed E-state index contributed by atoms with van der Waals surface area (Å²) in [5, 5.41) is 7.82. The van der Waals surface area contributed by atoms with Crippen molar-refractivity contribution in [1.82, 2.24) is 10.2 Å². The van der Waals surface area contributed by atoms with Crippen molar-refractivity contribution in [1.29, 1.82) is 0 Å². The molecule has 0 unspecified atom stereocenters. The molecule has 0 aliphatic carbocycles. The highest BCUT2D eigenvalue weighted by molar-refractivity contribution is 14.1. The number of nitrogens with zero attached hydrogens (tertiary/aromatic N) is 2. The molecule has 0 aliphatic rings. The molecule has 21 heavy (non-hydrogen) atoms. The number of rotatable bonds is 3. The number of methoxy groups -OCH3 is 1. The lowest BCUT2D eigenvalue weighted by atomic mass is 10.2. The van der Waals surface area contributed by atoms with Crippen LogP contribution in [0.3, 0.4) is 0 Å². The number of esters is 1. The average molecular weight is 402 g/mol. The van der Waals surface area contributed by atoms with Crippen molar-refractivity contribution in [3.8, 4) is 11.6 Å². The van der Waals surface area contributed by atoms with E-state index in [1.165, 1.54) is 25.3 Å². The predicted octanol–water partition coefficient (Wildman–Crippen LogP) is 3.42. The van der Waals surface area contributed by atoms with Crippen LogP contribution in [-0.2, 0) is 4.74 Å². The zero-order chi connectivity index (χ0) is 15.6. The second-order valence-electron chi connectivity index (χ2n) is 4.30. The van der Waals surface area contributed by atoms with Crippen molar-refractivity contribution in [3.05, 3.63) is 44.4 Å². The van der Waals surface area contributed by atoms with E-state index in [0.717, 1.165) is 0 Å². The van der Waals surface area contributed by atoms with Crippen molar-refractivity contribution in [2.75, 3.05) is 7.11 Å². The highest BCUT2D eigenvalue weighted by Gasteiger charge is 2.22. The molecular formula is C14H12FIN2O3. The second-order valence-corrected chi connectivity index (χ2v) is 5.32. The van der Waals surface area contributed by atoms with Gasteiger partial charge in [0.05, 0.1) is 7.11 Å². The molecule has 0 bridgehead atoms. The van der Waals surface area contributed by atoms with Gasteiger partial charge in [-0.15, -0.1) is 10.2 Å². The number of ether oxygens (including phenoxy) is 2. The van der Waals surface area contributed by atoms with Crippen molar-refractivity contribution in [2.24, 2.45) is 0 Å². The highest BCUT2D eigenvalue weighted by atomic mass is 127. The summed E-state index contributed by atoms with van der Waals surface area (Å²) in [7, 11) is 1.28. The van der Waals surface area contributed by atoms with Gasteiger partial charge in [0.15, 0.2) is 0 Å². The van der Waals surface area contributed by atoms with Crippen LogP contribution in [0.2, 0.25) is 0 Å². The van der Waals surface area contributed by atoms with Crippen LogP contribution < -0.4 is 4.74 Å². The molecule has 5 nitrogen and oxygen atoms in total. The fraction of sp³-hybridized carbons (Fsp3) is 0.214. The number of hydrogen-bond donors (Lipinski definition) is 0. The fourth-order valence-electron chi connectivity index (χ4n) is 1.72. The van der Waals surface area contributed by atoms with Crippen LogP contribution in [0.1, 0.15) is 21.5 Å². The Morgan fingerprint density at radius 2 is 2.00 bits per heavy atom. The molecule has 110 valence electrons. The summed E-state index contributed by atoms with van der Waals surface area (Å²) in [6.07, 6.45) is 0. The number of carbonyl (C=O) groups is 1. The first-order valence-electron chi connectivity index (χ1n) is 5.99. The number of hydrogen-bond acceptors (Lipinski definition) is 5. The standard InChI is InChI=1S/C14H12FIN2O3/c1-7-6-9(15)4-5-10(7)21-13-11(14(19)20-3)8(2)12(16)17-18-13/h4-6H,1-3H3. The number of halogens is 2. The summed E-state index contributed by atoms with van der Waals surface area (Å²) in [5.41, 5.74) is 1.41. The molecule has 0 N–H and O–H groups in total. The van der Waals surface area contributed by atoms with Gasteiger partial charge in [-0.25, -0.2) is 9.18 Å². The highest BCUT2D eigenvalue weighted by Crippen LogP contribution is 2.29. The lowest BCUT2D eigenvalue weighted by Crippen LogP contribution is -2.11. The van der Waals surface area contributed by atoms with Crippen LogP contribution >= 0.6 is 22.6 Å². The van der Waals surface area contributed by atoms with E-state index < -0.39 is 5.97 Å². The van der Waals surface area contributed by atoms with Gasteiger partial charge >= 0.3 is 5.97 Å². The number of carbonyl (C=O) groups excluding carboxylic acids is 1. The Morgan fingerprint density at radius 1 is 1.29 bits per heavy atom. The van der Waals surface area contributed by atoms with Gasteiger partial charge in [0.1, 0.15) is 20.8 Å². The Labute approximate surface area is 134 Å². The molecule has 7 heteroatoms. The maximum absolute atomic E-state index is 13.1. The fourth-order valence-corrected chi connectivity index (χ4v) is 2.10. The second kappa shape index (κ2) is 6.33. The third-order valence-electron chi connectivity index (χ3n) is 2.86. The molecule has 0 radical (unpaired) electrons. The minimum atomic E-state index is -0.560. The van der Waals surface area contributed by atoms with Gasteiger partial charge in [-0.3, -0.25) is 0 Å². The molecule has 2 rings (SSSR count). The lowest BCUT2D eigenvalue weighted by Gasteiger charge is -2.12. The zero-order valence-electron chi connectivity index (χ0n) is 11.6. The molecule has 0 spiro atoms. The third-order valence-corrected chi connectivity index (χ3v) is 3.88. The normalized spacial score (nSPS) is 10.3. The maximum atomic E-state index is 13.1. The molecule has 0 atom stereocenters. The van der Waals surface area contributed by atoms with Crippen LogP contribution in [0.5, 0.6) is 11.6 Å². The molecule has 1 aromatic heterocycles. The van der Waals surface area contributed by atoms with Crippen molar-refractivity contribution < 1.29 is 18.7 Å². The quantitative estimate of drug-likeness (QED) is 0.582. The Kier molecular flexibility index (Phi) is 4.71. The van der Waals surface area contributed by atoms with Gasteiger partial charge < -0.3 is 9.47 Å². The third kappa shape index (κ3) is 3.29. The Hall–Kier alpha value is -1.77. The van der Waals surface area contributed by atoms with E-state index in [0.29, 0.717) is 20.6 Å². The van der Waals surface area contributed by atoms with Crippen LogP contribution in [0, 0.1) is 23.4 Å². The maximum Gasteiger partial charge on any atom is 0.343 e. The first kappa shape index (κ1) is 15.6. The van der Waals surface area contributed by atoms with Crippen molar-refractivity contribution in [3.63, 3.8) is 0 Å². The number of aryl methyl sites for hydroxylation is 1. The molecular weight excluding hydrogens is 390 g/mol. The van der Waals surface area contributed by atoms with Gasteiger partial charge in [-0.05, 0) is 60.2 Å². The van der Waals surface area contributed by atoms with Crippen LogP contribution in [-0.4, -0.2) is 23.3 Å². The van der Waals surface area contributed by atoms with E-state index in [1.807, 2.05) is 22.6 Å². The van der Waals surface area contributed by atoms with E-state index in [4.69, 9.17) is 9.47 Å². The summed E-state index contributed by atoms with van der Waals surface area (Å²) >= 11 is 1.97. The molecule has 0 aliphatic heterocycles. The summed E-state index contributed by atoms with van der Waals surface area (Å²) in [4.78, 5) is 11.9. The average Bonchev–Trinajstić information content (AvgIpc) is 2.45. The van der Waals surface area contributed by atoms with Crippen molar-refractivity contribution in [2.45, 2.75) is 13.8 Å². The van der Waals surface area contributed by atoms with E-state index >= 15 is 0 Å². The Balaban J connectivity index is 2.49. The summed E-state index contributed by atoms with van der Waals surface area (Å²) < 4.78 is 24.0. The first-order valence-corrected chi connectivity index (χ1v) is 7.07. The van der Waals surface area contributed by atoms with E-state index in [-0.39, 0.29) is 17.3 Å². The van der Waals surface area contributed by atoms with Crippen LogP contribution in [0.15, 0.2) is 18.2 Å². The molecule has 0 amide bonds. The smallest absolute Gasteiger partial charge is 0.343 e. The SMILES string of the molecule is COC(=O)c1c(Oc2ccc(F)cc2C)nnc(I)c1C. The predicted molar refractivity (Wildman–Crippen MR) is 82.0 cm³/mol. The number of aromatic nitrogens is 2. The zero-order valence-corrected chi connectivity index (χ0v) is 13.8. The largest absolute Gasteiger partial charge is 0.465 e. The van der Waals surface area contributed by atoms with Gasteiger partial charge in [0.25, 0.3) is 5.88 Å². The monoisotopic (exact) mass is 402 g/mol. The van der Waals surface area contributed by atoms with Crippen LogP contribution in [0.25, 0.3) is 0 Å². The number of benzene rings is 1. The molecule has 0 fully saturated rings. The molecule has 0 saturated heterocycles. The van der Waals surface area contributed by atoms with Gasteiger partial charge in [-0.1, -0.05) is 0 Å². The van der Waals surface area contributed by atoms with E-state index in [9.17, 15) is 9.18 Å². The van der Waals surface area contributed by atoms with Gasteiger partial charge in [-0.2, -0.15) is 0 Å². The minimum Gasteiger partial charge on any atom is -0.465 e.